The fourth-order valence-corrected chi connectivity index (χ4v) is 4.17. The highest BCUT2D eigenvalue weighted by molar-refractivity contribution is 6.53. The Morgan fingerprint density at radius 1 is 0.868 bits per heavy atom. The van der Waals surface area contributed by atoms with Crippen molar-refractivity contribution in [1.82, 2.24) is 0 Å². The van der Waals surface area contributed by atoms with Crippen molar-refractivity contribution in [2.75, 3.05) is 22.1 Å². The van der Waals surface area contributed by atoms with Crippen molar-refractivity contribution >= 4 is 75.6 Å². The third-order valence-electron chi connectivity index (χ3n) is 5.42. The Labute approximate surface area is 233 Å². The first kappa shape index (κ1) is 27.2. The molecule has 0 saturated carbocycles. The zero-order valence-corrected chi connectivity index (χ0v) is 22.2. The van der Waals surface area contributed by atoms with E-state index in [1.54, 1.807) is 24.3 Å². The van der Waals surface area contributed by atoms with E-state index in [2.05, 4.69) is 10.6 Å². The van der Waals surface area contributed by atoms with Crippen LogP contribution < -0.4 is 15.5 Å². The number of anilines is 3. The summed E-state index contributed by atoms with van der Waals surface area (Å²) < 4.78 is 5.09. The Morgan fingerprint density at radius 3 is 2.16 bits per heavy atom. The van der Waals surface area contributed by atoms with Gasteiger partial charge in [0.2, 0.25) is 0 Å². The number of halogens is 3. The lowest BCUT2D eigenvalue weighted by molar-refractivity contribution is -0.120. The van der Waals surface area contributed by atoms with E-state index < -0.39 is 23.7 Å². The highest BCUT2D eigenvalue weighted by Gasteiger charge is 2.39. The predicted molar refractivity (Wildman–Crippen MR) is 147 cm³/mol. The van der Waals surface area contributed by atoms with Crippen LogP contribution in [0.5, 0.6) is 0 Å². The Bertz CT molecular complexity index is 1450. The number of rotatable bonds is 8. The van der Waals surface area contributed by atoms with Gasteiger partial charge in [-0.1, -0.05) is 41.7 Å². The van der Waals surface area contributed by atoms with Crippen molar-refractivity contribution in [3.05, 3.63) is 98.6 Å². The number of carbonyl (C=O) groups excluding carboxylic acids is 4. The Balaban J connectivity index is 1.44. The van der Waals surface area contributed by atoms with Crippen molar-refractivity contribution in [2.45, 2.75) is 13.3 Å². The number of hydrogen-bond donors (Lipinski definition) is 2. The van der Waals surface area contributed by atoms with E-state index in [0.29, 0.717) is 45.6 Å². The summed E-state index contributed by atoms with van der Waals surface area (Å²) in [6.07, 6.45) is 0.689. The van der Waals surface area contributed by atoms with Gasteiger partial charge in [-0.2, -0.15) is 0 Å². The van der Waals surface area contributed by atoms with Gasteiger partial charge in [-0.05, 0) is 73.2 Å². The van der Waals surface area contributed by atoms with Crippen LogP contribution in [-0.4, -0.2) is 30.3 Å². The van der Waals surface area contributed by atoms with E-state index >= 15 is 0 Å². The summed E-state index contributed by atoms with van der Waals surface area (Å²) in [6, 6.07) is 16.8. The molecule has 0 fully saturated rings. The van der Waals surface area contributed by atoms with Gasteiger partial charge in [0.25, 0.3) is 17.7 Å². The predicted octanol–water partition coefficient (Wildman–Crippen LogP) is 6.25. The molecule has 11 heteroatoms. The van der Waals surface area contributed by atoms with Gasteiger partial charge in [-0.15, -0.1) is 0 Å². The number of carbonyl (C=O) groups is 4. The van der Waals surface area contributed by atoms with E-state index in [-0.39, 0.29) is 16.4 Å². The van der Waals surface area contributed by atoms with E-state index in [1.807, 2.05) is 6.92 Å². The van der Waals surface area contributed by atoms with Crippen LogP contribution in [0.25, 0.3) is 0 Å². The maximum absolute atomic E-state index is 13.0. The minimum atomic E-state index is -0.712. The Morgan fingerprint density at radius 2 is 1.53 bits per heavy atom. The van der Waals surface area contributed by atoms with Gasteiger partial charge in [0, 0.05) is 16.3 Å². The quantitative estimate of drug-likeness (QED) is 0.244. The van der Waals surface area contributed by atoms with Gasteiger partial charge < -0.3 is 15.4 Å². The topological polar surface area (TPSA) is 105 Å². The summed E-state index contributed by atoms with van der Waals surface area (Å²) in [5.41, 5.74) is 1.58. The van der Waals surface area contributed by atoms with E-state index in [0.717, 1.165) is 4.90 Å². The average molecular weight is 573 g/mol. The number of imide groups is 1. The minimum absolute atomic E-state index is 0.117. The molecule has 3 aromatic carbocycles. The van der Waals surface area contributed by atoms with Crippen LogP contribution in [0.1, 0.15) is 34.1 Å². The third-order valence-corrected chi connectivity index (χ3v) is 6.32. The SMILES string of the molecule is CCCOC(=O)c1ccc(N2C(=O)C(Cl)=C(Nc3ccc(C(=O)Nc4ccc(Cl)cc4Cl)cc3)C2=O)cc1. The summed E-state index contributed by atoms with van der Waals surface area (Å²) in [7, 11) is 0. The van der Waals surface area contributed by atoms with Crippen LogP contribution in [0.3, 0.4) is 0 Å². The molecule has 0 unspecified atom stereocenters. The first-order valence-corrected chi connectivity index (χ1v) is 12.5. The standard InChI is InChI=1S/C27H20Cl3N3O5/c1-2-13-38-27(37)16-5-10-19(11-6-16)33-25(35)22(30)23(26(33)36)31-18-8-3-15(4-9-18)24(34)32-21-12-7-17(28)14-20(21)29/h3-12,14,31H,2,13H2,1H3,(H,32,34). The van der Waals surface area contributed by atoms with Crippen molar-refractivity contribution < 1.29 is 23.9 Å². The van der Waals surface area contributed by atoms with Gasteiger partial charge in [0.1, 0.15) is 10.7 Å². The van der Waals surface area contributed by atoms with Crippen molar-refractivity contribution in [2.24, 2.45) is 0 Å². The zero-order chi connectivity index (χ0) is 27.4. The molecule has 0 aliphatic carbocycles. The highest BCUT2D eigenvalue weighted by atomic mass is 35.5. The molecule has 0 bridgehead atoms. The summed E-state index contributed by atoms with van der Waals surface area (Å²) >= 11 is 18.2. The fourth-order valence-electron chi connectivity index (χ4n) is 3.51. The molecule has 3 aromatic rings. The largest absolute Gasteiger partial charge is 0.462 e. The monoisotopic (exact) mass is 571 g/mol. The second kappa shape index (κ2) is 11.7. The number of amides is 3. The van der Waals surface area contributed by atoms with E-state index in [9.17, 15) is 19.2 Å². The van der Waals surface area contributed by atoms with Crippen LogP contribution in [0, 0.1) is 0 Å². The normalized spacial score (nSPS) is 13.1. The molecule has 3 amide bonds. The zero-order valence-electron chi connectivity index (χ0n) is 19.9. The summed E-state index contributed by atoms with van der Waals surface area (Å²) in [5, 5.41) is 5.99. The highest BCUT2D eigenvalue weighted by Crippen LogP contribution is 2.31. The second-order valence-electron chi connectivity index (χ2n) is 8.10. The molecule has 1 aliphatic rings. The number of hydrogen-bond acceptors (Lipinski definition) is 6. The van der Waals surface area contributed by atoms with Gasteiger partial charge in [-0.25, -0.2) is 9.69 Å². The lowest BCUT2D eigenvalue weighted by atomic mass is 10.2. The van der Waals surface area contributed by atoms with E-state index in [4.69, 9.17) is 39.5 Å². The van der Waals surface area contributed by atoms with Crippen LogP contribution >= 0.6 is 34.8 Å². The van der Waals surface area contributed by atoms with Gasteiger partial charge in [-0.3, -0.25) is 14.4 Å². The van der Waals surface area contributed by atoms with Crippen LogP contribution in [0.2, 0.25) is 10.0 Å². The molecule has 38 heavy (non-hydrogen) atoms. The second-order valence-corrected chi connectivity index (χ2v) is 9.32. The lowest BCUT2D eigenvalue weighted by Crippen LogP contribution is -2.32. The van der Waals surface area contributed by atoms with E-state index in [1.165, 1.54) is 42.5 Å². The maximum Gasteiger partial charge on any atom is 0.338 e. The maximum atomic E-state index is 13.0. The third kappa shape index (κ3) is 5.83. The number of esters is 1. The van der Waals surface area contributed by atoms with Crippen LogP contribution in [0.15, 0.2) is 77.5 Å². The van der Waals surface area contributed by atoms with Crippen molar-refractivity contribution in [3.8, 4) is 0 Å². The molecule has 0 radical (unpaired) electrons. The number of ether oxygens (including phenoxy) is 1. The molecule has 0 spiro atoms. The number of nitrogens with zero attached hydrogens (tertiary/aromatic N) is 1. The molecule has 1 aliphatic heterocycles. The fraction of sp³-hybridized carbons (Fsp3) is 0.111. The van der Waals surface area contributed by atoms with Gasteiger partial charge in [0.05, 0.1) is 28.6 Å². The molecular weight excluding hydrogens is 553 g/mol. The van der Waals surface area contributed by atoms with Crippen LogP contribution in [-0.2, 0) is 14.3 Å². The first-order chi connectivity index (χ1) is 18.2. The number of nitrogens with one attached hydrogen (secondary N) is 2. The number of benzene rings is 3. The summed E-state index contributed by atoms with van der Waals surface area (Å²) in [5.74, 6) is -2.28. The molecule has 0 aromatic heterocycles. The average Bonchev–Trinajstić information content (AvgIpc) is 3.12. The Hall–Kier alpha value is -3.85. The molecule has 4 rings (SSSR count). The molecular formula is C27H20Cl3N3O5. The summed E-state index contributed by atoms with van der Waals surface area (Å²) in [6.45, 7) is 2.17. The first-order valence-electron chi connectivity index (χ1n) is 11.4. The molecule has 0 atom stereocenters. The molecule has 8 nitrogen and oxygen atoms in total. The molecule has 0 saturated heterocycles. The lowest BCUT2D eigenvalue weighted by Gasteiger charge is -2.15. The molecule has 194 valence electrons. The smallest absolute Gasteiger partial charge is 0.338 e. The molecule has 2 N–H and O–H groups in total. The summed E-state index contributed by atoms with van der Waals surface area (Å²) in [4.78, 5) is 51.3. The van der Waals surface area contributed by atoms with Crippen LogP contribution in [0.4, 0.5) is 17.1 Å². The molecule has 1 heterocycles. The van der Waals surface area contributed by atoms with Gasteiger partial charge in [0.15, 0.2) is 0 Å². The van der Waals surface area contributed by atoms with Crippen molar-refractivity contribution in [3.63, 3.8) is 0 Å². The Kier molecular flexibility index (Phi) is 8.36. The minimum Gasteiger partial charge on any atom is -0.462 e. The van der Waals surface area contributed by atoms with Crippen molar-refractivity contribution in [1.29, 1.82) is 0 Å². The van der Waals surface area contributed by atoms with Gasteiger partial charge >= 0.3 is 5.97 Å².